The van der Waals surface area contributed by atoms with Gasteiger partial charge < -0.3 is 9.57 Å². The number of nitrogens with one attached hydrogen (secondary N) is 1. The van der Waals surface area contributed by atoms with Gasteiger partial charge in [0.25, 0.3) is 5.91 Å². The largest absolute Gasteiger partial charge is 0.460 e. The number of amides is 1. The second-order valence-corrected chi connectivity index (χ2v) is 5.09. The third-order valence-electron chi connectivity index (χ3n) is 1.92. The molecular formula is C12H21NO5. The second-order valence-electron chi connectivity index (χ2n) is 5.09. The van der Waals surface area contributed by atoms with E-state index in [9.17, 15) is 14.4 Å². The van der Waals surface area contributed by atoms with Gasteiger partial charge in [-0.15, -0.1) is 0 Å². The van der Waals surface area contributed by atoms with Gasteiger partial charge in [0.2, 0.25) is 0 Å². The minimum absolute atomic E-state index is 0.0910. The Hall–Kier alpha value is -1.59. The van der Waals surface area contributed by atoms with Gasteiger partial charge in [-0.05, 0) is 27.2 Å². The van der Waals surface area contributed by atoms with E-state index in [1.165, 1.54) is 6.92 Å². The molecule has 0 rings (SSSR count). The molecule has 0 spiro atoms. The first kappa shape index (κ1) is 16.4. The van der Waals surface area contributed by atoms with Crippen LogP contribution < -0.4 is 5.48 Å². The standard InChI is InChI=1S/C12H21NO5/c1-8(11(16)17-12(3,4)5)6-7-10(15)13-18-9(2)14/h8H,6-7H2,1-5H3,(H,13,15). The Morgan fingerprint density at radius 2 is 1.78 bits per heavy atom. The molecule has 0 aliphatic rings. The van der Waals surface area contributed by atoms with Crippen molar-refractivity contribution in [2.45, 2.75) is 53.1 Å². The van der Waals surface area contributed by atoms with Crippen molar-refractivity contribution in [3.05, 3.63) is 0 Å². The smallest absolute Gasteiger partial charge is 0.329 e. The molecule has 0 aliphatic heterocycles. The highest BCUT2D eigenvalue weighted by molar-refractivity contribution is 5.78. The van der Waals surface area contributed by atoms with Gasteiger partial charge >= 0.3 is 11.9 Å². The van der Waals surface area contributed by atoms with Crippen LogP contribution in [0.4, 0.5) is 0 Å². The van der Waals surface area contributed by atoms with Gasteiger partial charge in [0.15, 0.2) is 0 Å². The van der Waals surface area contributed by atoms with E-state index >= 15 is 0 Å². The summed E-state index contributed by atoms with van der Waals surface area (Å²) < 4.78 is 5.17. The van der Waals surface area contributed by atoms with E-state index in [0.29, 0.717) is 6.42 Å². The van der Waals surface area contributed by atoms with Crippen LogP contribution in [0.2, 0.25) is 0 Å². The van der Waals surface area contributed by atoms with Crippen molar-refractivity contribution >= 4 is 17.8 Å². The van der Waals surface area contributed by atoms with Gasteiger partial charge in [-0.25, -0.2) is 0 Å². The number of carbonyl (C=O) groups excluding carboxylic acids is 3. The van der Waals surface area contributed by atoms with Crippen molar-refractivity contribution in [2.75, 3.05) is 0 Å². The fourth-order valence-corrected chi connectivity index (χ4v) is 1.05. The molecule has 0 radical (unpaired) electrons. The highest BCUT2D eigenvalue weighted by Crippen LogP contribution is 2.14. The SMILES string of the molecule is CC(=O)ONC(=O)CCC(C)C(=O)OC(C)(C)C. The number of ether oxygens (including phenoxy) is 1. The highest BCUT2D eigenvalue weighted by atomic mass is 16.7. The first-order chi connectivity index (χ1) is 8.11. The van der Waals surface area contributed by atoms with Gasteiger partial charge in [-0.1, -0.05) is 6.92 Å². The van der Waals surface area contributed by atoms with Crippen LogP contribution in [-0.4, -0.2) is 23.4 Å². The summed E-state index contributed by atoms with van der Waals surface area (Å²) in [7, 11) is 0. The summed E-state index contributed by atoms with van der Waals surface area (Å²) >= 11 is 0. The number of hydrogen-bond acceptors (Lipinski definition) is 5. The number of esters is 1. The zero-order chi connectivity index (χ0) is 14.3. The van der Waals surface area contributed by atoms with Crippen LogP contribution >= 0.6 is 0 Å². The molecule has 0 fully saturated rings. The molecule has 0 aromatic rings. The maximum Gasteiger partial charge on any atom is 0.329 e. The average molecular weight is 259 g/mol. The summed E-state index contributed by atoms with van der Waals surface area (Å²) in [6.07, 6.45) is 0.426. The zero-order valence-electron chi connectivity index (χ0n) is 11.5. The first-order valence-corrected chi connectivity index (χ1v) is 5.81. The van der Waals surface area contributed by atoms with Gasteiger partial charge in [0.05, 0.1) is 5.92 Å². The van der Waals surface area contributed by atoms with Gasteiger partial charge in [-0.3, -0.25) is 14.4 Å². The topological polar surface area (TPSA) is 81.7 Å². The molecule has 1 amide bonds. The third-order valence-corrected chi connectivity index (χ3v) is 1.92. The Kier molecular flexibility index (Phi) is 6.36. The van der Waals surface area contributed by atoms with Crippen LogP contribution in [0.1, 0.15) is 47.5 Å². The van der Waals surface area contributed by atoms with E-state index in [4.69, 9.17) is 4.74 Å². The summed E-state index contributed by atoms with van der Waals surface area (Å²) in [5, 5.41) is 0. The maximum atomic E-state index is 11.6. The van der Waals surface area contributed by atoms with Crippen LogP contribution in [0.25, 0.3) is 0 Å². The Balaban J connectivity index is 3.95. The summed E-state index contributed by atoms with van der Waals surface area (Å²) in [6, 6.07) is 0. The fourth-order valence-electron chi connectivity index (χ4n) is 1.05. The van der Waals surface area contributed by atoms with Crippen molar-refractivity contribution in [1.82, 2.24) is 5.48 Å². The van der Waals surface area contributed by atoms with E-state index in [0.717, 1.165) is 0 Å². The lowest BCUT2D eigenvalue weighted by Gasteiger charge is -2.22. The first-order valence-electron chi connectivity index (χ1n) is 5.81. The summed E-state index contributed by atoms with van der Waals surface area (Å²) in [6.45, 7) is 8.22. The quantitative estimate of drug-likeness (QED) is 0.608. The van der Waals surface area contributed by atoms with Gasteiger partial charge in [-0.2, -0.15) is 5.48 Å². The van der Waals surface area contributed by atoms with E-state index in [1.807, 2.05) is 5.48 Å². The molecule has 0 saturated heterocycles. The third kappa shape index (κ3) is 8.55. The summed E-state index contributed by atoms with van der Waals surface area (Å²) in [4.78, 5) is 37.6. The minimum Gasteiger partial charge on any atom is -0.460 e. The Labute approximate surface area is 107 Å². The number of rotatable bonds is 4. The normalized spacial score (nSPS) is 12.5. The van der Waals surface area contributed by atoms with Crippen LogP contribution in [0.15, 0.2) is 0 Å². The molecular weight excluding hydrogens is 238 g/mol. The van der Waals surface area contributed by atoms with Crippen molar-refractivity contribution in [2.24, 2.45) is 5.92 Å². The molecule has 1 atom stereocenters. The van der Waals surface area contributed by atoms with Gasteiger partial charge in [0, 0.05) is 13.3 Å². The lowest BCUT2D eigenvalue weighted by molar-refractivity contribution is -0.160. The molecule has 6 nitrogen and oxygen atoms in total. The molecule has 1 unspecified atom stereocenters. The Bertz CT molecular complexity index is 319. The predicted molar refractivity (Wildman–Crippen MR) is 64.2 cm³/mol. The van der Waals surface area contributed by atoms with Crippen LogP contribution in [0, 0.1) is 5.92 Å². The fraction of sp³-hybridized carbons (Fsp3) is 0.750. The molecule has 0 aromatic carbocycles. The molecule has 104 valence electrons. The van der Waals surface area contributed by atoms with Crippen LogP contribution in [-0.2, 0) is 24.0 Å². The van der Waals surface area contributed by atoms with E-state index in [2.05, 4.69) is 4.84 Å². The Morgan fingerprint density at radius 1 is 1.22 bits per heavy atom. The predicted octanol–water partition coefficient (Wildman–Crippen LogP) is 1.34. The molecule has 0 bridgehead atoms. The molecule has 0 saturated carbocycles. The lowest BCUT2D eigenvalue weighted by Crippen LogP contribution is -2.29. The van der Waals surface area contributed by atoms with Gasteiger partial charge in [0.1, 0.15) is 5.60 Å². The van der Waals surface area contributed by atoms with Crippen molar-refractivity contribution in [3.8, 4) is 0 Å². The molecule has 1 N–H and O–H groups in total. The highest BCUT2D eigenvalue weighted by Gasteiger charge is 2.22. The average Bonchev–Trinajstić information content (AvgIpc) is 2.20. The van der Waals surface area contributed by atoms with Crippen LogP contribution in [0.5, 0.6) is 0 Å². The lowest BCUT2D eigenvalue weighted by atomic mass is 10.1. The summed E-state index contributed by atoms with van der Waals surface area (Å²) in [5.41, 5.74) is 1.45. The number of hydroxylamine groups is 1. The van der Waals surface area contributed by atoms with Crippen molar-refractivity contribution < 1.29 is 24.0 Å². The summed E-state index contributed by atoms with van der Waals surface area (Å²) in [5.74, 6) is -1.76. The monoisotopic (exact) mass is 259 g/mol. The zero-order valence-corrected chi connectivity index (χ0v) is 11.5. The van der Waals surface area contributed by atoms with Crippen LogP contribution in [0.3, 0.4) is 0 Å². The Morgan fingerprint density at radius 3 is 2.22 bits per heavy atom. The molecule has 0 aliphatic carbocycles. The van der Waals surface area contributed by atoms with E-state index < -0.39 is 17.5 Å². The number of hydrogen-bond donors (Lipinski definition) is 1. The molecule has 18 heavy (non-hydrogen) atoms. The number of carbonyl (C=O) groups is 3. The molecule has 6 heteroatoms. The van der Waals surface area contributed by atoms with E-state index in [-0.39, 0.29) is 18.3 Å². The minimum atomic E-state index is -0.594. The maximum absolute atomic E-state index is 11.6. The molecule has 0 aromatic heterocycles. The van der Waals surface area contributed by atoms with Crippen molar-refractivity contribution in [3.63, 3.8) is 0 Å². The van der Waals surface area contributed by atoms with Crippen molar-refractivity contribution in [1.29, 1.82) is 0 Å². The molecule has 0 heterocycles. The van der Waals surface area contributed by atoms with E-state index in [1.54, 1.807) is 27.7 Å². The second kappa shape index (κ2) is 6.98.